The lowest BCUT2D eigenvalue weighted by molar-refractivity contribution is -0.121. The molecule has 0 aliphatic carbocycles. The summed E-state index contributed by atoms with van der Waals surface area (Å²) in [6, 6.07) is 17.6. The number of hydrogen-bond donors (Lipinski definition) is 2. The summed E-state index contributed by atoms with van der Waals surface area (Å²) in [5.41, 5.74) is 2.41. The largest absolute Gasteiger partial charge is 0.352 e. The van der Waals surface area contributed by atoms with Crippen molar-refractivity contribution in [2.24, 2.45) is 5.92 Å². The Morgan fingerprint density at radius 1 is 1.00 bits per heavy atom. The van der Waals surface area contributed by atoms with Gasteiger partial charge in [-0.3, -0.25) is 14.5 Å². The van der Waals surface area contributed by atoms with Gasteiger partial charge in [0.05, 0.1) is 11.3 Å². The van der Waals surface area contributed by atoms with Crippen LogP contribution >= 0.6 is 0 Å². The van der Waals surface area contributed by atoms with Gasteiger partial charge in [0.2, 0.25) is 5.91 Å². The van der Waals surface area contributed by atoms with Gasteiger partial charge < -0.3 is 10.6 Å². The molecule has 1 aliphatic heterocycles. The molecule has 5 heteroatoms. The highest BCUT2D eigenvalue weighted by atomic mass is 16.2. The molecule has 28 heavy (non-hydrogen) atoms. The van der Waals surface area contributed by atoms with E-state index in [2.05, 4.69) is 39.8 Å². The fourth-order valence-electron chi connectivity index (χ4n) is 3.55. The van der Waals surface area contributed by atoms with Gasteiger partial charge in [-0.25, -0.2) is 0 Å². The molecule has 1 saturated heterocycles. The number of rotatable bonds is 7. The third kappa shape index (κ3) is 5.42. The number of hydrogen-bond acceptors (Lipinski definition) is 3. The van der Waals surface area contributed by atoms with Gasteiger partial charge in [-0.2, -0.15) is 0 Å². The summed E-state index contributed by atoms with van der Waals surface area (Å²) in [5, 5.41) is 5.86. The molecular formula is C23H29N3O2. The van der Waals surface area contributed by atoms with Gasteiger partial charge in [-0.1, -0.05) is 49.4 Å². The fourth-order valence-corrected chi connectivity index (χ4v) is 3.55. The quantitative estimate of drug-likeness (QED) is 0.771. The Balaban J connectivity index is 1.54. The Labute approximate surface area is 167 Å². The minimum absolute atomic E-state index is 0.00935. The lowest BCUT2D eigenvalue weighted by Crippen LogP contribution is -2.38. The smallest absolute Gasteiger partial charge is 0.253 e. The third-order valence-corrected chi connectivity index (χ3v) is 5.17. The van der Waals surface area contributed by atoms with E-state index in [-0.39, 0.29) is 17.7 Å². The van der Waals surface area contributed by atoms with Crippen LogP contribution in [0.25, 0.3) is 0 Å². The summed E-state index contributed by atoms with van der Waals surface area (Å²) in [4.78, 5) is 27.5. The molecular weight excluding hydrogens is 350 g/mol. The first-order valence-corrected chi connectivity index (χ1v) is 10.1. The average molecular weight is 380 g/mol. The number of carbonyl (C=O) groups is 2. The molecule has 0 aromatic heterocycles. The van der Waals surface area contributed by atoms with E-state index in [1.165, 1.54) is 5.56 Å². The summed E-state index contributed by atoms with van der Waals surface area (Å²) in [7, 11) is 0. The highest BCUT2D eigenvalue weighted by molar-refractivity contribution is 6.04. The molecule has 2 N–H and O–H groups in total. The number of likely N-dealkylation sites (tertiary alicyclic amines) is 1. The summed E-state index contributed by atoms with van der Waals surface area (Å²) < 4.78 is 0. The van der Waals surface area contributed by atoms with Gasteiger partial charge in [0.1, 0.15) is 0 Å². The van der Waals surface area contributed by atoms with E-state index in [4.69, 9.17) is 0 Å². The van der Waals surface area contributed by atoms with Crippen LogP contribution in [0, 0.1) is 5.92 Å². The fraction of sp³-hybridized carbons (Fsp3) is 0.391. The van der Waals surface area contributed by atoms with Crippen molar-refractivity contribution in [3.05, 3.63) is 65.7 Å². The highest BCUT2D eigenvalue weighted by Gasteiger charge is 2.25. The molecule has 0 atom stereocenters. The van der Waals surface area contributed by atoms with Crippen molar-refractivity contribution in [1.82, 2.24) is 10.2 Å². The molecule has 2 aromatic rings. The average Bonchev–Trinajstić information content (AvgIpc) is 2.73. The maximum atomic E-state index is 12.8. The Morgan fingerprint density at radius 3 is 2.39 bits per heavy atom. The monoisotopic (exact) mass is 379 g/mol. The molecule has 0 bridgehead atoms. The summed E-state index contributed by atoms with van der Waals surface area (Å²) in [5.74, 6) is -0.149. The number of piperidine rings is 1. The molecule has 0 radical (unpaired) electrons. The van der Waals surface area contributed by atoms with Crippen LogP contribution < -0.4 is 10.6 Å². The second kappa shape index (κ2) is 10.0. The van der Waals surface area contributed by atoms with Crippen LogP contribution in [-0.2, 0) is 11.3 Å². The van der Waals surface area contributed by atoms with E-state index in [9.17, 15) is 9.59 Å². The number of nitrogens with zero attached hydrogens (tertiary/aromatic N) is 1. The van der Waals surface area contributed by atoms with Crippen molar-refractivity contribution in [3.63, 3.8) is 0 Å². The molecule has 1 heterocycles. The zero-order valence-corrected chi connectivity index (χ0v) is 16.5. The second-order valence-corrected chi connectivity index (χ2v) is 7.33. The van der Waals surface area contributed by atoms with Crippen molar-refractivity contribution in [1.29, 1.82) is 0 Å². The van der Waals surface area contributed by atoms with Crippen LogP contribution in [0.4, 0.5) is 5.69 Å². The molecule has 1 aliphatic rings. The number of amides is 2. The minimum atomic E-state index is -0.143. The van der Waals surface area contributed by atoms with Crippen molar-refractivity contribution >= 4 is 17.5 Å². The summed E-state index contributed by atoms with van der Waals surface area (Å²) in [6.45, 7) is 5.38. The lowest BCUT2D eigenvalue weighted by atomic mass is 9.95. The van der Waals surface area contributed by atoms with Crippen LogP contribution in [0.15, 0.2) is 54.6 Å². The van der Waals surface area contributed by atoms with Crippen molar-refractivity contribution in [3.8, 4) is 0 Å². The van der Waals surface area contributed by atoms with Crippen LogP contribution in [-0.4, -0.2) is 36.3 Å². The topological polar surface area (TPSA) is 61.4 Å². The normalized spacial score (nSPS) is 15.2. The van der Waals surface area contributed by atoms with Gasteiger partial charge in [0.25, 0.3) is 5.91 Å². The number of carbonyl (C=O) groups excluding carboxylic acids is 2. The molecule has 0 spiro atoms. The van der Waals surface area contributed by atoms with E-state index >= 15 is 0 Å². The number of para-hydroxylation sites is 1. The first-order valence-electron chi connectivity index (χ1n) is 10.1. The lowest BCUT2D eigenvalue weighted by Gasteiger charge is -2.31. The van der Waals surface area contributed by atoms with E-state index in [1.54, 1.807) is 12.1 Å². The molecule has 5 nitrogen and oxygen atoms in total. The Morgan fingerprint density at radius 2 is 1.68 bits per heavy atom. The molecule has 1 fully saturated rings. The van der Waals surface area contributed by atoms with Crippen molar-refractivity contribution < 1.29 is 9.59 Å². The SMILES string of the molecule is CCCNC(=O)c1ccccc1NC(=O)C1CCN(Cc2ccccc2)CC1. The summed E-state index contributed by atoms with van der Waals surface area (Å²) in [6.07, 6.45) is 2.55. The molecule has 2 aromatic carbocycles. The van der Waals surface area contributed by atoms with E-state index in [0.29, 0.717) is 17.8 Å². The van der Waals surface area contributed by atoms with Gasteiger partial charge in [0, 0.05) is 19.0 Å². The minimum Gasteiger partial charge on any atom is -0.352 e. The van der Waals surface area contributed by atoms with E-state index in [0.717, 1.165) is 38.9 Å². The predicted molar refractivity (Wildman–Crippen MR) is 112 cm³/mol. The van der Waals surface area contributed by atoms with Crippen LogP contribution in [0.1, 0.15) is 42.1 Å². The Hall–Kier alpha value is -2.66. The third-order valence-electron chi connectivity index (χ3n) is 5.17. The molecule has 0 saturated carbocycles. The number of anilines is 1. The standard InChI is InChI=1S/C23H29N3O2/c1-2-14-24-23(28)20-10-6-7-11-21(20)25-22(27)19-12-15-26(16-13-19)17-18-8-4-3-5-9-18/h3-11,19H,2,12-17H2,1H3,(H,24,28)(H,25,27). The maximum Gasteiger partial charge on any atom is 0.253 e. The Kier molecular flexibility index (Phi) is 7.20. The molecule has 2 amide bonds. The van der Waals surface area contributed by atoms with Gasteiger partial charge in [-0.15, -0.1) is 0 Å². The first kappa shape index (κ1) is 20.1. The first-order chi connectivity index (χ1) is 13.7. The van der Waals surface area contributed by atoms with Crippen molar-refractivity contribution in [2.75, 3.05) is 25.0 Å². The zero-order chi connectivity index (χ0) is 19.8. The van der Waals surface area contributed by atoms with Gasteiger partial charge in [-0.05, 0) is 50.0 Å². The zero-order valence-electron chi connectivity index (χ0n) is 16.5. The molecule has 0 unspecified atom stereocenters. The van der Waals surface area contributed by atoms with Crippen LogP contribution in [0.5, 0.6) is 0 Å². The summed E-state index contributed by atoms with van der Waals surface area (Å²) >= 11 is 0. The van der Waals surface area contributed by atoms with Gasteiger partial charge in [0.15, 0.2) is 0 Å². The van der Waals surface area contributed by atoms with Crippen molar-refractivity contribution in [2.45, 2.75) is 32.7 Å². The van der Waals surface area contributed by atoms with Gasteiger partial charge >= 0.3 is 0 Å². The van der Waals surface area contributed by atoms with E-state index < -0.39 is 0 Å². The van der Waals surface area contributed by atoms with Crippen LogP contribution in [0.2, 0.25) is 0 Å². The number of benzene rings is 2. The van der Waals surface area contributed by atoms with E-state index in [1.807, 2.05) is 25.1 Å². The predicted octanol–water partition coefficient (Wildman–Crippen LogP) is 3.68. The Bertz CT molecular complexity index is 783. The molecule has 3 rings (SSSR count). The maximum absolute atomic E-state index is 12.8. The highest BCUT2D eigenvalue weighted by Crippen LogP contribution is 2.22. The van der Waals surface area contributed by atoms with Crippen LogP contribution in [0.3, 0.4) is 0 Å². The molecule has 148 valence electrons. The number of nitrogens with one attached hydrogen (secondary N) is 2. The second-order valence-electron chi connectivity index (χ2n) is 7.33.